The van der Waals surface area contributed by atoms with E-state index in [1.165, 1.54) is 6.21 Å². The Morgan fingerprint density at radius 1 is 0.867 bits per heavy atom. The van der Waals surface area contributed by atoms with Crippen LogP contribution in [-0.4, -0.2) is 51.0 Å². The van der Waals surface area contributed by atoms with Crippen molar-refractivity contribution in [3.8, 4) is 39.9 Å². The molecule has 2 N–H and O–H groups in total. The number of halogens is 1. The van der Waals surface area contributed by atoms with Gasteiger partial charge in [0, 0.05) is 16.1 Å². The summed E-state index contributed by atoms with van der Waals surface area (Å²) in [6.07, 6.45) is 1.45. The van der Waals surface area contributed by atoms with Gasteiger partial charge in [0.05, 0.1) is 50.6 Å². The molecule has 0 aliphatic rings. The van der Waals surface area contributed by atoms with E-state index in [1.807, 2.05) is 25.1 Å². The van der Waals surface area contributed by atoms with Crippen LogP contribution in [0.25, 0.3) is 22.0 Å². The zero-order valence-corrected chi connectivity index (χ0v) is 25.7. The van der Waals surface area contributed by atoms with Crippen LogP contribution in [0.1, 0.15) is 33.3 Å². The standard InChI is InChI=1S/C34H30ClN3O7/c1-5-44-28-18-20(10-15-25(28)45-34(40)21-11-13-22(41-2)14-12-21)19-36-38-33(39)32-29(23-8-6-7-9-24(23)35)30-26(42-3)16-17-27(43-4)31(30)37-32/h6-19,37H,5H2,1-4H3,(H,38,39). The molecule has 11 heteroatoms. The number of nitrogens with zero attached hydrogens (tertiary/aromatic N) is 1. The lowest BCUT2D eigenvalue weighted by molar-refractivity contribution is 0.0728. The first-order valence-corrected chi connectivity index (χ1v) is 14.2. The second kappa shape index (κ2) is 13.9. The summed E-state index contributed by atoms with van der Waals surface area (Å²) in [6.45, 7) is 2.15. The van der Waals surface area contributed by atoms with Crippen LogP contribution in [0.3, 0.4) is 0 Å². The maximum Gasteiger partial charge on any atom is 0.343 e. The highest BCUT2D eigenvalue weighted by atomic mass is 35.5. The minimum absolute atomic E-state index is 0.217. The van der Waals surface area contributed by atoms with E-state index in [4.69, 9.17) is 35.3 Å². The first kappa shape index (κ1) is 31.0. The minimum Gasteiger partial charge on any atom is -0.497 e. The maximum absolute atomic E-state index is 13.6. The van der Waals surface area contributed by atoms with Crippen molar-refractivity contribution in [1.82, 2.24) is 10.4 Å². The summed E-state index contributed by atoms with van der Waals surface area (Å²) in [5.41, 5.74) is 5.49. The van der Waals surface area contributed by atoms with Crippen LogP contribution in [0, 0.1) is 0 Å². The fraction of sp³-hybridized carbons (Fsp3) is 0.147. The summed E-state index contributed by atoms with van der Waals surface area (Å²) in [6, 6.07) is 22.2. The average Bonchev–Trinajstić information content (AvgIpc) is 3.46. The van der Waals surface area contributed by atoms with E-state index < -0.39 is 11.9 Å². The molecule has 45 heavy (non-hydrogen) atoms. The van der Waals surface area contributed by atoms with Crippen LogP contribution in [0.4, 0.5) is 0 Å². The van der Waals surface area contributed by atoms with E-state index in [-0.39, 0.29) is 11.4 Å². The van der Waals surface area contributed by atoms with Crippen molar-refractivity contribution in [2.24, 2.45) is 5.10 Å². The summed E-state index contributed by atoms with van der Waals surface area (Å²) < 4.78 is 27.6. The summed E-state index contributed by atoms with van der Waals surface area (Å²) in [4.78, 5) is 29.5. The molecule has 0 aliphatic carbocycles. The van der Waals surface area contributed by atoms with E-state index in [0.29, 0.717) is 67.8 Å². The first-order valence-electron chi connectivity index (χ1n) is 13.9. The highest BCUT2D eigenvalue weighted by Crippen LogP contribution is 2.44. The third-order valence-electron chi connectivity index (χ3n) is 6.86. The molecule has 0 atom stereocenters. The molecular weight excluding hydrogens is 598 g/mol. The predicted molar refractivity (Wildman–Crippen MR) is 172 cm³/mol. The van der Waals surface area contributed by atoms with Crippen LogP contribution < -0.4 is 29.1 Å². The summed E-state index contributed by atoms with van der Waals surface area (Å²) >= 11 is 6.58. The number of nitrogens with one attached hydrogen (secondary N) is 2. The van der Waals surface area contributed by atoms with Gasteiger partial charge in [-0.15, -0.1) is 0 Å². The lowest BCUT2D eigenvalue weighted by atomic mass is 10.0. The molecule has 0 saturated carbocycles. The highest BCUT2D eigenvalue weighted by Gasteiger charge is 2.25. The molecule has 0 fully saturated rings. The van der Waals surface area contributed by atoms with Gasteiger partial charge in [0.2, 0.25) is 0 Å². The smallest absolute Gasteiger partial charge is 0.343 e. The van der Waals surface area contributed by atoms with Crippen molar-refractivity contribution in [2.75, 3.05) is 27.9 Å². The van der Waals surface area contributed by atoms with E-state index in [9.17, 15) is 9.59 Å². The fourth-order valence-corrected chi connectivity index (χ4v) is 4.99. The number of hydrazone groups is 1. The molecule has 4 aromatic carbocycles. The van der Waals surface area contributed by atoms with Crippen LogP contribution in [0.15, 0.2) is 84.0 Å². The van der Waals surface area contributed by atoms with Crippen molar-refractivity contribution >= 4 is 40.6 Å². The van der Waals surface area contributed by atoms with Gasteiger partial charge in [0.25, 0.3) is 5.91 Å². The number of benzene rings is 4. The van der Waals surface area contributed by atoms with Gasteiger partial charge in [0.1, 0.15) is 22.9 Å². The molecule has 0 radical (unpaired) electrons. The number of amides is 1. The molecule has 5 rings (SSSR count). The highest BCUT2D eigenvalue weighted by molar-refractivity contribution is 6.34. The van der Waals surface area contributed by atoms with Gasteiger partial charge >= 0.3 is 5.97 Å². The Morgan fingerprint density at radius 3 is 2.27 bits per heavy atom. The van der Waals surface area contributed by atoms with E-state index >= 15 is 0 Å². The number of hydrogen-bond donors (Lipinski definition) is 2. The third-order valence-corrected chi connectivity index (χ3v) is 7.19. The number of esters is 1. The number of H-pyrrole nitrogens is 1. The first-order chi connectivity index (χ1) is 21.9. The van der Waals surface area contributed by atoms with Crippen LogP contribution in [0.2, 0.25) is 5.02 Å². The van der Waals surface area contributed by atoms with E-state index in [1.54, 1.807) is 82.0 Å². The average molecular weight is 628 g/mol. The molecule has 0 aliphatic heterocycles. The molecule has 5 aromatic rings. The summed E-state index contributed by atoms with van der Waals surface area (Å²) in [5.74, 6) is 1.20. The zero-order valence-electron chi connectivity index (χ0n) is 25.0. The molecule has 1 amide bonds. The largest absolute Gasteiger partial charge is 0.497 e. The number of methoxy groups -OCH3 is 3. The number of carbonyl (C=O) groups excluding carboxylic acids is 2. The Labute approximate surface area is 264 Å². The quantitative estimate of drug-likeness (QED) is 0.0707. The lowest BCUT2D eigenvalue weighted by Gasteiger charge is -2.11. The molecule has 1 aromatic heterocycles. The number of aromatic nitrogens is 1. The van der Waals surface area contributed by atoms with Gasteiger partial charge in [-0.2, -0.15) is 5.10 Å². The van der Waals surface area contributed by atoms with Crippen molar-refractivity contribution < 1.29 is 33.3 Å². The normalized spacial score (nSPS) is 11.0. The predicted octanol–water partition coefficient (Wildman–Crippen LogP) is 6.90. The Morgan fingerprint density at radius 2 is 1.58 bits per heavy atom. The Bertz CT molecular complexity index is 1880. The second-order valence-corrected chi connectivity index (χ2v) is 9.94. The van der Waals surface area contributed by atoms with Gasteiger partial charge in [-0.05, 0) is 73.2 Å². The fourth-order valence-electron chi connectivity index (χ4n) is 4.76. The van der Waals surface area contributed by atoms with E-state index in [0.717, 1.165) is 0 Å². The summed E-state index contributed by atoms with van der Waals surface area (Å²) in [5, 5.41) is 5.27. The zero-order chi connectivity index (χ0) is 31.9. The molecule has 230 valence electrons. The van der Waals surface area contributed by atoms with Gasteiger partial charge in [0.15, 0.2) is 11.5 Å². The van der Waals surface area contributed by atoms with Crippen molar-refractivity contribution in [3.05, 3.63) is 101 Å². The van der Waals surface area contributed by atoms with Crippen molar-refractivity contribution in [2.45, 2.75) is 6.92 Å². The van der Waals surface area contributed by atoms with Crippen LogP contribution in [0.5, 0.6) is 28.7 Å². The SMILES string of the molecule is CCOc1cc(C=NNC(=O)c2[nH]c3c(OC)ccc(OC)c3c2-c2ccccc2Cl)ccc1OC(=O)c1ccc(OC)cc1. The van der Waals surface area contributed by atoms with Gasteiger partial charge in [-0.25, -0.2) is 10.2 Å². The number of fused-ring (bicyclic) bond motifs is 1. The molecule has 10 nitrogen and oxygen atoms in total. The lowest BCUT2D eigenvalue weighted by Crippen LogP contribution is -2.19. The molecule has 1 heterocycles. The Kier molecular flexibility index (Phi) is 9.54. The number of carbonyl (C=O) groups is 2. The molecule has 0 saturated heterocycles. The van der Waals surface area contributed by atoms with Crippen molar-refractivity contribution in [1.29, 1.82) is 0 Å². The number of hydrogen-bond acceptors (Lipinski definition) is 8. The summed E-state index contributed by atoms with van der Waals surface area (Å²) in [7, 11) is 4.65. The maximum atomic E-state index is 13.6. The minimum atomic E-state index is -0.548. The number of ether oxygens (including phenoxy) is 5. The molecule has 0 bridgehead atoms. The Balaban J connectivity index is 1.41. The molecular formula is C34H30ClN3O7. The van der Waals surface area contributed by atoms with Crippen LogP contribution >= 0.6 is 11.6 Å². The number of aromatic amines is 1. The van der Waals surface area contributed by atoms with Crippen molar-refractivity contribution in [3.63, 3.8) is 0 Å². The van der Waals surface area contributed by atoms with Crippen LogP contribution in [-0.2, 0) is 0 Å². The Hall–Kier alpha value is -5.48. The number of rotatable bonds is 11. The molecule has 0 spiro atoms. The van der Waals surface area contributed by atoms with Gasteiger partial charge in [-0.3, -0.25) is 4.79 Å². The third kappa shape index (κ3) is 6.56. The topological polar surface area (TPSA) is 120 Å². The van der Waals surface area contributed by atoms with Gasteiger partial charge < -0.3 is 28.7 Å². The van der Waals surface area contributed by atoms with Gasteiger partial charge in [-0.1, -0.05) is 29.8 Å². The van der Waals surface area contributed by atoms with E-state index in [2.05, 4.69) is 15.5 Å². The molecule has 0 unspecified atom stereocenters. The second-order valence-electron chi connectivity index (χ2n) is 9.53. The monoisotopic (exact) mass is 627 g/mol.